The molecule has 0 amide bonds. The monoisotopic (exact) mass is 204 g/mol. The van der Waals surface area contributed by atoms with E-state index in [1.165, 1.54) is 0 Å². The number of hydrogen-bond acceptors (Lipinski definition) is 3. The van der Waals surface area contributed by atoms with Gasteiger partial charge in [-0.2, -0.15) is 0 Å². The van der Waals surface area contributed by atoms with Gasteiger partial charge in [0.05, 0.1) is 13.4 Å². The summed E-state index contributed by atoms with van der Waals surface area (Å²) in [5.74, 6) is 0.658. The predicted molar refractivity (Wildman–Crippen MR) is 57.5 cm³/mol. The Morgan fingerprint density at radius 1 is 1.40 bits per heavy atom. The molecule has 78 valence electrons. The van der Waals surface area contributed by atoms with E-state index in [2.05, 4.69) is 0 Å². The maximum absolute atomic E-state index is 11.5. The van der Waals surface area contributed by atoms with Gasteiger partial charge in [-0.3, -0.25) is 4.79 Å². The molecule has 2 aromatic rings. The third kappa shape index (κ3) is 1.50. The average molecular weight is 204 g/mol. The highest BCUT2D eigenvalue weighted by molar-refractivity contribution is 6.07. The molecule has 0 N–H and O–H groups in total. The number of furan rings is 1. The molecule has 3 heteroatoms. The Hall–Kier alpha value is -1.77. The highest BCUT2D eigenvalue weighted by Gasteiger charge is 2.13. The summed E-state index contributed by atoms with van der Waals surface area (Å²) < 4.78 is 10.5. The SMILES string of the molecule is COc1cc(C(C)=O)c2c(C)coc2c1. The van der Waals surface area contributed by atoms with Gasteiger partial charge >= 0.3 is 0 Å². The van der Waals surface area contributed by atoms with Crippen LogP contribution >= 0.6 is 0 Å². The largest absolute Gasteiger partial charge is 0.497 e. The van der Waals surface area contributed by atoms with Crippen molar-refractivity contribution in [2.75, 3.05) is 7.11 Å². The fraction of sp³-hybridized carbons (Fsp3) is 0.250. The second-order valence-corrected chi connectivity index (χ2v) is 3.52. The van der Waals surface area contributed by atoms with E-state index in [1.54, 1.807) is 32.4 Å². The van der Waals surface area contributed by atoms with E-state index in [0.29, 0.717) is 16.9 Å². The van der Waals surface area contributed by atoms with E-state index in [4.69, 9.17) is 9.15 Å². The van der Waals surface area contributed by atoms with Gasteiger partial charge < -0.3 is 9.15 Å². The summed E-state index contributed by atoms with van der Waals surface area (Å²) in [6.45, 7) is 3.46. The minimum atomic E-state index is 0.0170. The number of rotatable bonds is 2. The second kappa shape index (κ2) is 3.42. The third-order valence-electron chi connectivity index (χ3n) is 2.45. The molecule has 0 unspecified atom stereocenters. The van der Waals surface area contributed by atoms with Gasteiger partial charge in [-0.05, 0) is 25.5 Å². The van der Waals surface area contributed by atoms with Crippen LogP contribution in [-0.4, -0.2) is 12.9 Å². The van der Waals surface area contributed by atoms with Crippen molar-refractivity contribution in [3.8, 4) is 5.75 Å². The lowest BCUT2D eigenvalue weighted by Crippen LogP contribution is -1.95. The van der Waals surface area contributed by atoms with Crippen LogP contribution in [0, 0.1) is 6.92 Å². The smallest absolute Gasteiger partial charge is 0.160 e. The van der Waals surface area contributed by atoms with Crippen molar-refractivity contribution >= 4 is 16.8 Å². The van der Waals surface area contributed by atoms with Crippen LogP contribution in [0.4, 0.5) is 0 Å². The predicted octanol–water partition coefficient (Wildman–Crippen LogP) is 2.95. The second-order valence-electron chi connectivity index (χ2n) is 3.52. The van der Waals surface area contributed by atoms with Crippen LogP contribution in [0.3, 0.4) is 0 Å². The van der Waals surface area contributed by atoms with E-state index >= 15 is 0 Å². The molecule has 1 heterocycles. The van der Waals surface area contributed by atoms with Gasteiger partial charge in [0.2, 0.25) is 0 Å². The number of aryl methyl sites for hydroxylation is 1. The maximum Gasteiger partial charge on any atom is 0.160 e. The summed E-state index contributed by atoms with van der Waals surface area (Å²) in [6, 6.07) is 3.53. The molecule has 0 aliphatic heterocycles. The minimum Gasteiger partial charge on any atom is -0.497 e. The first-order valence-corrected chi connectivity index (χ1v) is 4.70. The average Bonchev–Trinajstić information content (AvgIpc) is 2.59. The number of methoxy groups -OCH3 is 1. The number of carbonyl (C=O) groups is 1. The molecule has 0 aliphatic carbocycles. The van der Waals surface area contributed by atoms with Crippen LogP contribution in [0.1, 0.15) is 22.8 Å². The summed E-state index contributed by atoms with van der Waals surface area (Å²) in [7, 11) is 1.57. The van der Waals surface area contributed by atoms with Gasteiger partial charge in [0.1, 0.15) is 11.3 Å². The minimum absolute atomic E-state index is 0.0170. The highest BCUT2D eigenvalue weighted by Crippen LogP contribution is 2.29. The molecule has 0 radical (unpaired) electrons. The summed E-state index contributed by atoms with van der Waals surface area (Å²) in [5.41, 5.74) is 2.31. The Labute approximate surface area is 87.6 Å². The van der Waals surface area contributed by atoms with Gasteiger partial charge in [0, 0.05) is 17.0 Å². The van der Waals surface area contributed by atoms with Crippen LogP contribution in [-0.2, 0) is 0 Å². The van der Waals surface area contributed by atoms with Crippen molar-refractivity contribution in [2.24, 2.45) is 0 Å². The lowest BCUT2D eigenvalue weighted by molar-refractivity contribution is 0.101. The Balaban J connectivity index is 2.83. The number of fused-ring (bicyclic) bond motifs is 1. The van der Waals surface area contributed by atoms with E-state index in [1.807, 2.05) is 6.92 Å². The Morgan fingerprint density at radius 2 is 2.13 bits per heavy atom. The number of benzene rings is 1. The highest BCUT2D eigenvalue weighted by atomic mass is 16.5. The molecule has 0 atom stereocenters. The number of ether oxygens (including phenoxy) is 1. The van der Waals surface area contributed by atoms with Crippen LogP contribution in [0.15, 0.2) is 22.8 Å². The number of hydrogen-bond donors (Lipinski definition) is 0. The fourth-order valence-corrected chi connectivity index (χ4v) is 1.70. The van der Waals surface area contributed by atoms with E-state index in [0.717, 1.165) is 10.9 Å². The van der Waals surface area contributed by atoms with E-state index in [9.17, 15) is 4.79 Å². The van der Waals surface area contributed by atoms with Crippen LogP contribution in [0.5, 0.6) is 5.75 Å². The van der Waals surface area contributed by atoms with Gasteiger partial charge in [-0.1, -0.05) is 0 Å². The van der Waals surface area contributed by atoms with E-state index in [-0.39, 0.29) is 5.78 Å². The summed E-state index contributed by atoms with van der Waals surface area (Å²) in [5, 5.41) is 0.878. The van der Waals surface area contributed by atoms with Gasteiger partial charge in [-0.25, -0.2) is 0 Å². The topological polar surface area (TPSA) is 39.4 Å². The normalized spacial score (nSPS) is 10.6. The fourth-order valence-electron chi connectivity index (χ4n) is 1.70. The van der Waals surface area contributed by atoms with Crippen molar-refractivity contribution in [1.82, 2.24) is 0 Å². The van der Waals surface area contributed by atoms with Crippen molar-refractivity contribution in [3.05, 3.63) is 29.5 Å². The van der Waals surface area contributed by atoms with Crippen LogP contribution in [0.2, 0.25) is 0 Å². The van der Waals surface area contributed by atoms with Gasteiger partial charge in [-0.15, -0.1) is 0 Å². The molecule has 15 heavy (non-hydrogen) atoms. The first kappa shape index (κ1) is 9.77. The summed E-state index contributed by atoms with van der Waals surface area (Å²) >= 11 is 0. The summed E-state index contributed by atoms with van der Waals surface area (Å²) in [4.78, 5) is 11.5. The van der Waals surface area contributed by atoms with Crippen molar-refractivity contribution in [2.45, 2.75) is 13.8 Å². The molecule has 1 aromatic carbocycles. The number of Topliss-reactive ketones (excluding diaryl/α,β-unsaturated/α-hetero) is 1. The molecule has 2 rings (SSSR count). The molecule has 0 fully saturated rings. The first-order chi connectivity index (χ1) is 7.13. The Kier molecular flexibility index (Phi) is 2.23. The number of ketones is 1. The third-order valence-corrected chi connectivity index (χ3v) is 2.45. The molecular formula is C12H12O3. The molecule has 0 saturated carbocycles. The van der Waals surface area contributed by atoms with Gasteiger partial charge in [0.15, 0.2) is 5.78 Å². The molecule has 0 bridgehead atoms. The maximum atomic E-state index is 11.5. The molecule has 1 aromatic heterocycles. The van der Waals surface area contributed by atoms with Crippen LogP contribution in [0.25, 0.3) is 11.0 Å². The zero-order valence-electron chi connectivity index (χ0n) is 8.96. The molecule has 0 saturated heterocycles. The molecule has 0 spiro atoms. The first-order valence-electron chi connectivity index (χ1n) is 4.70. The zero-order chi connectivity index (χ0) is 11.0. The molecule has 3 nitrogen and oxygen atoms in total. The van der Waals surface area contributed by atoms with Crippen molar-refractivity contribution in [3.63, 3.8) is 0 Å². The Morgan fingerprint density at radius 3 is 2.73 bits per heavy atom. The van der Waals surface area contributed by atoms with Crippen LogP contribution < -0.4 is 4.74 Å². The molecule has 0 aliphatic rings. The lowest BCUT2D eigenvalue weighted by atomic mass is 10.0. The van der Waals surface area contributed by atoms with Gasteiger partial charge in [0.25, 0.3) is 0 Å². The molecular weight excluding hydrogens is 192 g/mol. The van der Waals surface area contributed by atoms with Crippen molar-refractivity contribution in [1.29, 1.82) is 0 Å². The lowest BCUT2D eigenvalue weighted by Gasteiger charge is -2.03. The van der Waals surface area contributed by atoms with E-state index < -0.39 is 0 Å². The Bertz CT molecular complexity index is 523. The van der Waals surface area contributed by atoms with Crippen molar-refractivity contribution < 1.29 is 13.9 Å². The zero-order valence-corrected chi connectivity index (χ0v) is 8.96. The quantitative estimate of drug-likeness (QED) is 0.706. The summed E-state index contributed by atoms with van der Waals surface area (Å²) in [6.07, 6.45) is 1.65. The number of carbonyl (C=O) groups excluding carboxylic acids is 1. The standard InChI is InChI=1S/C12H12O3/c1-7-6-15-11-5-9(14-3)4-10(8(2)13)12(7)11/h4-6H,1-3H3.